The molecule has 2 aromatic carbocycles. The molecule has 10 heteroatoms. The van der Waals surface area contributed by atoms with Gasteiger partial charge in [0, 0.05) is 43.0 Å². The number of nitrogens with one attached hydrogen (secondary N) is 1. The molecular formula is C29H26F3N3O4. The molecule has 3 atom stereocenters. The van der Waals surface area contributed by atoms with Crippen LogP contribution in [0.25, 0.3) is 0 Å². The maximum Gasteiger partial charge on any atom is 0.275 e. The number of hydrogen-bond acceptors (Lipinski definition) is 4. The van der Waals surface area contributed by atoms with Gasteiger partial charge in [-0.3, -0.25) is 14.4 Å². The predicted molar refractivity (Wildman–Crippen MR) is 137 cm³/mol. The summed E-state index contributed by atoms with van der Waals surface area (Å²) >= 11 is 0. The van der Waals surface area contributed by atoms with E-state index in [1.54, 1.807) is 33.7 Å². The lowest BCUT2D eigenvalue weighted by molar-refractivity contribution is 0.0608. The fourth-order valence-electron chi connectivity index (χ4n) is 4.96. The van der Waals surface area contributed by atoms with E-state index in [4.69, 9.17) is 4.74 Å². The average molecular weight is 538 g/mol. The number of pyridine rings is 1. The lowest BCUT2D eigenvalue weighted by Gasteiger charge is -2.39. The number of nitrogens with zero attached hydrogens (tertiary/aromatic N) is 2. The van der Waals surface area contributed by atoms with E-state index in [0.29, 0.717) is 18.7 Å². The SMILES string of the molecule is C[C@@H]1C=C[C@H](C)N2C[C@H]1n1cc(C(=O)NCc3c(F)cc(F)cc3F)c(=O)c(OCc3ccccc3)c1C2=O. The van der Waals surface area contributed by atoms with Crippen LogP contribution in [-0.4, -0.2) is 33.9 Å². The van der Waals surface area contributed by atoms with Crippen molar-refractivity contribution in [2.24, 2.45) is 5.92 Å². The van der Waals surface area contributed by atoms with Crippen molar-refractivity contribution < 1.29 is 27.5 Å². The van der Waals surface area contributed by atoms with Gasteiger partial charge in [0.1, 0.15) is 29.6 Å². The minimum atomic E-state index is -1.17. The van der Waals surface area contributed by atoms with Crippen LogP contribution in [0.4, 0.5) is 13.2 Å². The Balaban J connectivity index is 1.57. The molecule has 0 aliphatic carbocycles. The molecule has 2 amide bonds. The van der Waals surface area contributed by atoms with Gasteiger partial charge in [-0.15, -0.1) is 0 Å². The number of hydrogen-bond donors (Lipinski definition) is 1. The zero-order chi connectivity index (χ0) is 27.8. The third-order valence-electron chi connectivity index (χ3n) is 7.19. The van der Waals surface area contributed by atoms with Crippen LogP contribution < -0.4 is 15.5 Å². The Bertz CT molecular complexity index is 1510. The smallest absolute Gasteiger partial charge is 0.275 e. The number of carbonyl (C=O) groups excluding carboxylic acids is 2. The first-order valence-electron chi connectivity index (χ1n) is 12.5. The summed E-state index contributed by atoms with van der Waals surface area (Å²) in [6.45, 7) is 3.57. The van der Waals surface area contributed by atoms with Crippen molar-refractivity contribution in [3.05, 3.63) is 111 Å². The number of benzene rings is 2. The van der Waals surface area contributed by atoms with Crippen molar-refractivity contribution in [1.82, 2.24) is 14.8 Å². The first kappa shape index (κ1) is 26.3. The van der Waals surface area contributed by atoms with E-state index >= 15 is 0 Å². The highest BCUT2D eigenvalue weighted by Gasteiger charge is 2.40. The molecule has 0 spiro atoms. The summed E-state index contributed by atoms with van der Waals surface area (Å²) in [4.78, 5) is 42.1. The first-order chi connectivity index (χ1) is 18.7. The van der Waals surface area contributed by atoms with Crippen LogP contribution >= 0.6 is 0 Å². The molecule has 2 bridgehead atoms. The molecule has 0 unspecified atom stereocenters. The summed E-state index contributed by atoms with van der Waals surface area (Å²) in [5.74, 6) is -5.06. The Kier molecular flexibility index (Phi) is 7.03. The molecule has 0 fully saturated rings. The van der Waals surface area contributed by atoms with Crippen molar-refractivity contribution in [3.63, 3.8) is 0 Å². The van der Waals surface area contributed by atoms with Crippen LogP contribution in [0.2, 0.25) is 0 Å². The lowest BCUT2D eigenvalue weighted by atomic mass is 9.98. The van der Waals surface area contributed by atoms with Gasteiger partial charge in [-0.25, -0.2) is 13.2 Å². The second-order valence-corrected chi connectivity index (χ2v) is 9.77. The molecule has 3 aromatic rings. The third kappa shape index (κ3) is 4.94. The topological polar surface area (TPSA) is 80.6 Å². The molecule has 0 radical (unpaired) electrons. The summed E-state index contributed by atoms with van der Waals surface area (Å²) in [6, 6.07) is 9.54. The number of ether oxygens (including phenoxy) is 1. The number of allylic oxidation sites excluding steroid dienone is 1. The van der Waals surface area contributed by atoms with Crippen LogP contribution in [0.1, 0.15) is 51.9 Å². The lowest BCUT2D eigenvalue weighted by Crippen LogP contribution is -2.48. The predicted octanol–water partition coefficient (Wildman–Crippen LogP) is 4.37. The van der Waals surface area contributed by atoms with Gasteiger partial charge in [0.05, 0.1) is 6.04 Å². The standard InChI is InChI=1S/C29H26F3N3O4/c1-16-8-9-17(2)34-14-24(16)35-13-21(28(37)33-12-20-22(31)10-19(30)11-23(20)32)26(36)27(25(35)29(34)38)39-15-18-6-4-3-5-7-18/h3-11,13,16-17,24H,12,14-15H2,1-2H3,(H,33,37)/t16-,17+,24-/m1/s1. The fourth-order valence-corrected chi connectivity index (χ4v) is 4.96. The molecule has 5 rings (SSSR count). The second kappa shape index (κ2) is 10.4. The molecule has 2 aliphatic rings. The minimum Gasteiger partial charge on any atom is -0.483 e. The van der Waals surface area contributed by atoms with Crippen molar-refractivity contribution in [1.29, 1.82) is 0 Å². The van der Waals surface area contributed by atoms with Crippen LogP contribution in [0.3, 0.4) is 0 Å². The number of fused-ring (bicyclic) bond motifs is 4. The molecule has 0 saturated heterocycles. The zero-order valence-corrected chi connectivity index (χ0v) is 21.3. The number of amides is 2. The van der Waals surface area contributed by atoms with Crippen molar-refractivity contribution in [2.75, 3.05) is 6.54 Å². The van der Waals surface area contributed by atoms with Gasteiger partial charge < -0.3 is 19.5 Å². The highest BCUT2D eigenvalue weighted by Crippen LogP contribution is 2.35. The van der Waals surface area contributed by atoms with Gasteiger partial charge >= 0.3 is 0 Å². The van der Waals surface area contributed by atoms with Gasteiger partial charge in [-0.1, -0.05) is 49.4 Å². The summed E-state index contributed by atoms with van der Waals surface area (Å²) < 4.78 is 49.1. The molecule has 1 N–H and O–H groups in total. The van der Waals surface area contributed by atoms with Crippen LogP contribution in [0.5, 0.6) is 5.75 Å². The Hall–Kier alpha value is -4.34. The molecule has 0 saturated carbocycles. The molecule has 3 heterocycles. The van der Waals surface area contributed by atoms with Gasteiger partial charge in [-0.05, 0) is 18.4 Å². The van der Waals surface area contributed by atoms with E-state index in [0.717, 1.165) is 5.56 Å². The normalized spacial score (nSPS) is 19.9. The number of carbonyl (C=O) groups is 2. The number of aromatic nitrogens is 1. The summed E-state index contributed by atoms with van der Waals surface area (Å²) in [5.41, 5.74) is -0.930. The van der Waals surface area contributed by atoms with Crippen LogP contribution in [0.15, 0.2) is 65.6 Å². The largest absolute Gasteiger partial charge is 0.483 e. The zero-order valence-electron chi connectivity index (χ0n) is 21.3. The van der Waals surface area contributed by atoms with Crippen molar-refractivity contribution in [2.45, 2.75) is 39.1 Å². The molecule has 7 nitrogen and oxygen atoms in total. The van der Waals surface area contributed by atoms with Crippen LogP contribution in [0, 0.1) is 23.4 Å². The van der Waals surface area contributed by atoms with E-state index in [-0.39, 0.29) is 41.6 Å². The molecule has 1 aromatic heterocycles. The Morgan fingerprint density at radius 1 is 1.05 bits per heavy atom. The van der Waals surface area contributed by atoms with E-state index in [2.05, 4.69) is 5.32 Å². The van der Waals surface area contributed by atoms with E-state index in [1.807, 2.05) is 32.1 Å². The van der Waals surface area contributed by atoms with Gasteiger partial charge in [0.2, 0.25) is 5.43 Å². The maximum atomic E-state index is 14.1. The van der Waals surface area contributed by atoms with Gasteiger partial charge in [0.25, 0.3) is 11.8 Å². The first-order valence-corrected chi connectivity index (χ1v) is 12.5. The van der Waals surface area contributed by atoms with E-state index in [9.17, 15) is 27.6 Å². The monoisotopic (exact) mass is 537 g/mol. The summed E-state index contributed by atoms with van der Waals surface area (Å²) in [6.07, 6.45) is 5.22. The molecule has 39 heavy (non-hydrogen) atoms. The number of rotatable bonds is 6. The van der Waals surface area contributed by atoms with Gasteiger partial charge in [0.15, 0.2) is 11.4 Å². The second-order valence-electron chi connectivity index (χ2n) is 9.77. The van der Waals surface area contributed by atoms with Crippen molar-refractivity contribution >= 4 is 11.8 Å². The van der Waals surface area contributed by atoms with Gasteiger partial charge in [-0.2, -0.15) is 0 Å². The van der Waals surface area contributed by atoms with E-state index in [1.165, 1.54) is 6.20 Å². The summed E-state index contributed by atoms with van der Waals surface area (Å²) in [5, 5.41) is 2.34. The fraction of sp³-hybridized carbons (Fsp3) is 0.276. The molecular weight excluding hydrogens is 511 g/mol. The summed E-state index contributed by atoms with van der Waals surface area (Å²) in [7, 11) is 0. The average Bonchev–Trinajstić information content (AvgIpc) is 3.03. The number of halogens is 3. The van der Waals surface area contributed by atoms with E-state index < -0.39 is 46.8 Å². The van der Waals surface area contributed by atoms with Crippen molar-refractivity contribution in [3.8, 4) is 5.75 Å². The Morgan fingerprint density at radius 2 is 1.74 bits per heavy atom. The maximum absolute atomic E-state index is 14.1. The molecule has 202 valence electrons. The Morgan fingerprint density at radius 3 is 2.44 bits per heavy atom. The molecule has 2 aliphatic heterocycles. The van der Waals surface area contributed by atoms with Crippen LogP contribution in [-0.2, 0) is 13.2 Å². The quantitative estimate of drug-likeness (QED) is 0.474. The highest BCUT2D eigenvalue weighted by atomic mass is 19.1. The highest BCUT2D eigenvalue weighted by molar-refractivity contribution is 5.99. The Labute approximate surface area is 222 Å². The third-order valence-corrected chi connectivity index (χ3v) is 7.19. The minimum absolute atomic E-state index is 0.0263.